The third-order valence-corrected chi connectivity index (χ3v) is 8.22. The van der Waals surface area contributed by atoms with Crippen molar-refractivity contribution >= 4 is 39.2 Å². The lowest BCUT2D eigenvalue weighted by atomic mass is 9.97. The molecule has 0 bridgehead atoms. The van der Waals surface area contributed by atoms with Gasteiger partial charge < -0.3 is 5.32 Å². The van der Waals surface area contributed by atoms with Gasteiger partial charge in [-0.25, -0.2) is 4.98 Å². The minimum absolute atomic E-state index is 0.0984. The fraction of sp³-hybridized carbons (Fsp3) is 0.435. The molecule has 3 aromatic rings. The summed E-state index contributed by atoms with van der Waals surface area (Å²) in [5.41, 5.74) is -0.770. The maximum Gasteiger partial charge on any atom is 0.418 e. The second-order valence-electron chi connectivity index (χ2n) is 8.48. The van der Waals surface area contributed by atoms with Crippen molar-refractivity contribution in [3.63, 3.8) is 0 Å². The number of rotatable bonds is 5. The van der Waals surface area contributed by atoms with E-state index < -0.39 is 22.5 Å². The quantitative estimate of drug-likeness (QED) is 0.397. The van der Waals surface area contributed by atoms with Crippen LogP contribution < -0.4 is 10.9 Å². The second kappa shape index (κ2) is 8.47. The lowest BCUT2D eigenvalue weighted by Crippen LogP contribution is -2.33. The summed E-state index contributed by atoms with van der Waals surface area (Å²) in [4.78, 5) is 32.6. The highest BCUT2D eigenvalue weighted by Gasteiger charge is 2.36. The number of benzene rings is 1. The van der Waals surface area contributed by atoms with Gasteiger partial charge in [-0.15, -0.1) is 11.3 Å². The maximum absolute atomic E-state index is 13.9. The van der Waals surface area contributed by atoms with Gasteiger partial charge in [0.1, 0.15) is 4.83 Å². The molecule has 1 fully saturated rings. The highest BCUT2D eigenvalue weighted by atomic mass is 32.2. The van der Waals surface area contributed by atoms with Gasteiger partial charge in [0, 0.05) is 10.9 Å². The first-order chi connectivity index (χ1) is 15.7. The number of amides is 1. The molecule has 0 spiro atoms. The number of nitrogens with zero attached hydrogens (tertiary/aromatic N) is 2. The molecule has 2 aromatic heterocycles. The fourth-order valence-corrected chi connectivity index (χ4v) is 6.38. The van der Waals surface area contributed by atoms with Gasteiger partial charge in [0.05, 0.1) is 21.9 Å². The van der Waals surface area contributed by atoms with Crippen LogP contribution in [0, 0.1) is 0 Å². The number of fused-ring (bicyclic) bond motifs is 3. The lowest BCUT2D eigenvalue weighted by molar-refractivity contribution is -0.137. The van der Waals surface area contributed by atoms with Gasteiger partial charge in [-0.3, -0.25) is 14.2 Å². The normalized spacial score (nSPS) is 17.1. The molecule has 1 aromatic carbocycles. The van der Waals surface area contributed by atoms with E-state index in [-0.39, 0.29) is 22.8 Å². The molecule has 1 unspecified atom stereocenters. The van der Waals surface area contributed by atoms with Gasteiger partial charge in [-0.05, 0) is 63.1 Å². The van der Waals surface area contributed by atoms with Crippen LogP contribution in [0.1, 0.15) is 48.6 Å². The Morgan fingerprint density at radius 2 is 1.97 bits per heavy atom. The topological polar surface area (TPSA) is 64.0 Å². The van der Waals surface area contributed by atoms with Crippen LogP contribution in [-0.2, 0) is 23.8 Å². The van der Waals surface area contributed by atoms with Crippen molar-refractivity contribution in [3.05, 3.63) is 50.6 Å². The lowest BCUT2D eigenvalue weighted by Gasteiger charge is -2.19. The maximum atomic E-state index is 13.9. The standard InChI is InChI=1S/C23H22F3N3O2S2/c1-12(19(30)27-13-10-11-13)32-22-28-20-18(14-6-2-5-9-17(14)33-20)21(31)29(22)16-8-4-3-7-15(16)23(24,25)26/h3-4,7-8,12-13H,2,5-6,9-11H2,1H3,(H,27,30). The molecule has 1 saturated carbocycles. The van der Waals surface area contributed by atoms with Crippen LogP contribution in [0.2, 0.25) is 0 Å². The minimum Gasteiger partial charge on any atom is -0.352 e. The Balaban J connectivity index is 1.70. The Hall–Kier alpha value is -2.33. The van der Waals surface area contributed by atoms with Crippen LogP contribution in [0.5, 0.6) is 0 Å². The highest BCUT2D eigenvalue weighted by Crippen LogP contribution is 2.38. The number of hydrogen-bond acceptors (Lipinski definition) is 5. The highest BCUT2D eigenvalue weighted by molar-refractivity contribution is 8.00. The average Bonchev–Trinajstić information content (AvgIpc) is 3.50. The van der Waals surface area contributed by atoms with Crippen LogP contribution in [0.4, 0.5) is 13.2 Å². The van der Waals surface area contributed by atoms with Crippen molar-refractivity contribution in [1.82, 2.24) is 14.9 Å². The molecular formula is C23H22F3N3O2S2. The summed E-state index contributed by atoms with van der Waals surface area (Å²) in [6.07, 6.45) is 0.736. The van der Waals surface area contributed by atoms with Crippen molar-refractivity contribution in [3.8, 4) is 5.69 Å². The summed E-state index contributed by atoms with van der Waals surface area (Å²) >= 11 is 2.45. The molecule has 2 heterocycles. The molecule has 5 nitrogen and oxygen atoms in total. The van der Waals surface area contributed by atoms with Crippen molar-refractivity contribution < 1.29 is 18.0 Å². The number of carbonyl (C=O) groups excluding carboxylic acids is 1. The predicted octanol–water partition coefficient (Wildman–Crippen LogP) is 5.10. The molecule has 0 radical (unpaired) electrons. The summed E-state index contributed by atoms with van der Waals surface area (Å²) < 4.78 is 42.6. The van der Waals surface area contributed by atoms with Crippen molar-refractivity contribution in [1.29, 1.82) is 0 Å². The number of carbonyl (C=O) groups is 1. The third kappa shape index (κ3) is 4.30. The Labute approximate surface area is 196 Å². The predicted molar refractivity (Wildman–Crippen MR) is 123 cm³/mol. The smallest absolute Gasteiger partial charge is 0.352 e. The van der Waals surface area contributed by atoms with E-state index in [1.54, 1.807) is 6.92 Å². The van der Waals surface area contributed by atoms with Crippen molar-refractivity contribution in [2.75, 3.05) is 0 Å². The molecule has 1 atom stereocenters. The zero-order valence-electron chi connectivity index (χ0n) is 17.9. The van der Waals surface area contributed by atoms with Crippen molar-refractivity contribution in [2.24, 2.45) is 0 Å². The van der Waals surface area contributed by atoms with Crippen LogP contribution in [0.3, 0.4) is 0 Å². The van der Waals surface area contributed by atoms with E-state index in [1.165, 1.54) is 29.5 Å². The van der Waals surface area contributed by atoms with Gasteiger partial charge in [0.15, 0.2) is 5.16 Å². The Kier molecular flexibility index (Phi) is 5.76. The number of aromatic nitrogens is 2. The molecule has 1 amide bonds. The molecule has 33 heavy (non-hydrogen) atoms. The average molecular weight is 494 g/mol. The fourth-order valence-electron chi connectivity index (χ4n) is 4.14. The molecule has 0 saturated heterocycles. The van der Waals surface area contributed by atoms with E-state index in [4.69, 9.17) is 0 Å². The minimum atomic E-state index is -4.64. The van der Waals surface area contributed by atoms with Gasteiger partial charge in [0.2, 0.25) is 5.91 Å². The molecular weight excluding hydrogens is 471 g/mol. The Morgan fingerprint density at radius 3 is 2.70 bits per heavy atom. The largest absolute Gasteiger partial charge is 0.418 e. The summed E-state index contributed by atoms with van der Waals surface area (Å²) in [5, 5.41) is 2.80. The van der Waals surface area contributed by atoms with Crippen LogP contribution in [0.25, 0.3) is 15.9 Å². The molecule has 174 valence electrons. The number of thioether (sulfide) groups is 1. The van der Waals surface area contributed by atoms with Gasteiger partial charge >= 0.3 is 6.18 Å². The zero-order valence-corrected chi connectivity index (χ0v) is 19.5. The summed E-state index contributed by atoms with van der Waals surface area (Å²) in [7, 11) is 0. The number of para-hydroxylation sites is 1. The first kappa shape index (κ1) is 22.5. The first-order valence-electron chi connectivity index (χ1n) is 10.9. The summed E-state index contributed by atoms with van der Waals surface area (Å²) in [5.74, 6) is -0.210. The zero-order chi connectivity index (χ0) is 23.3. The first-order valence-corrected chi connectivity index (χ1v) is 12.6. The number of halogens is 3. The van der Waals surface area contributed by atoms with Gasteiger partial charge in [-0.2, -0.15) is 13.2 Å². The van der Waals surface area contributed by atoms with Crippen LogP contribution in [0.15, 0.2) is 34.2 Å². The molecule has 1 N–H and O–H groups in total. The van der Waals surface area contributed by atoms with Gasteiger partial charge in [0.25, 0.3) is 5.56 Å². The third-order valence-electron chi connectivity index (χ3n) is 5.98. The molecule has 5 rings (SSSR count). The van der Waals surface area contributed by atoms with E-state index in [1.807, 2.05) is 0 Å². The molecule has 2 aliphatic carbocycles. The monoisotopic (exact) mass is 493 g/mol. The Bertz CT molecular complexity index is 1290. The summed E-state index contributed by atoms with van der Waals surface area (Å²) in [6, 6.07) is 5.19. The second-order valence-corrected chi connectivity index (χ2v) is 10.9. The SMILES string of the molecule is CC(Sc1nc2sc3c(c2c(=O)n1-c1ccccc1C(F)(F)F)CCCC3)C(=O)NC1CC1. The summed E-state index contributed by atoms with van der Waals surface area (Å²) in [6.45, 7) is 1.68. The number of aryl methyl sites for hydroxylation is 2. The molecule has 10 heteroatoms. The number of thiophene rings is 1. The van der Waals surface area contributed by atoms with Crippen LogP contribution in [-0.4, -0.2) is 26.8 Å². The van der Waals surface area contributed by atoms with E-state index in [9.17, 15) is 22.8 Å². The number of alkyl halides is 3. The van der Waals surface area contributed by atoms with Gasteiger partial charge in [-0.1, -0.05) is 23.9 Å². The molecule has 0 aliphatic heterocycles. The molecule has 2 aliphatic rings. The number of nitrogens with one attached hydrogen (secondary N) is 1. The van der Waals surface area contributed by atoms with E-state index >= 15 is 0 Å². The van der Waals surface area contributed by atoms with E-state index in [0.29, 0.717) is 10.2 Å². The van der Waals surface area contributed by atoms with E-state index in [2.05, 4.69) is 10.3 Å². The van der Waals surface area contributed by atoms with Crippen molar-refractivity contribution in [2.45, 2.75) is 68.1 Å². The Morgan fingerprint density at radius 1 is 1.24 bits per heavy atom. The number of hydrogen-bond donors (Lipinski definition) is 1. The van der Waals surface area contributed by atoms with E-state index in [0.717, 1.165) is 71.4 Å². The van der Waals surface area contributed by atoms with Crippen LogP contribution >= 0.6 is 23.1 Å².